The SMILES string of the molecule is C[N+]1(C)CC2(CC(=O)C2)C1. The topological polar surface area (TPSA) is 17.1 Å². The molecule has 2 rings (SSSR count). The molecule has 10 heavy (non-hydrogen) atoms. The van der Waals surface area contributed by atoms with E-state index in [0.29, 0.717) is 11.2 Å². The van der Waals surface area contributed by atoms with Gasteiger partial charge in [-0.1, -0.05) is 0 Å². The van der Waals surface area contributed by atoms with E-state index in [1.165, 1.54) is 13.1 Å². The van der Waals surface area contributed by atoms with Gasteiger partial charge in [0, 0.05) is 12.8 Å². The maximum Gasteiger partial charge on any atom is 0.134 e. The Bertz CT molecular complexity index is 177. The summed E-state index contributed by atoms with van der Waals surface area (Å²) in [7, 11) is 4.46. The summed E-state index contributed by atoms with van der Waals surface area (Å²) in [6.07, 6.45) is 1.74. The Morgan fingerprint density at radius 2 is 1.80 bits per heavy atom. The zero-order valence-corrected chi connectivity index (χ0v) is 6.68. The third-order valence-corrected chi connectivity index (χ3v) is 2.67. The second kappa shape index (κ2) is 1.45. The standard InChI is InChI=1S/C8H14NO/c1-9(2)5-8(6-9)3-7(10)4-8/h3-6H2,1-2H3/q+1. The summed E-state index contributed by atoms with van der Waals surface area (Å²) in [6.45, 7) is 2.44. The van der Waals surface area contributed by atoms with Crippen LogP contribution < -0.4 is 0 Å². The molecule has 2 aliphatic rings. The van der Waals surface area contributed by atoms with Gasteiger partial charge in [0.25, 0.3) is 0 Å². The van der Waals surface area contributed by atoms with Gasteiger partial charge in [-0.25, -0.2) is 0 Å². The highest BCUT2D eigenvalue weighted by atomic mass is 16.1. The van der Waals surface area contributed by atoms with E-state index in [-0.39, 0.29) is 0 Å². The molecular formula is C8H14NO+. The molecule has 0 aromatic heterocycles. The highest BCUT2D eigenvalue weighted by Crippen LogP contribution is 2.47. The summed E-state index contributed by atoms with van der Waals surface area (Å²) >= 11 is 0. The van der Waals surface area contributed by atoms with E-state index in [2.05, 4.69) is 14.1 Å². The van der Waals surface area contributed by atoms with Crippen molar-refractivity contribution in [2.24, 2.45) is 5.41 Å². The fourth-order valence-corrected chi connectivity index (χ4v) is 2.78. The maximum absolute atomic E-state index is 10.7. The van der Waals surface area contributed by atoms with Crippen LogP contribution in [0.2, 0.25) is 0 Å². The fourth-order valence-electron chi connectivity index (χ4n) is 2.78. The van der Waals surface area contributed by atoms with Crippen LogP contribution in [0.5, 0.6) is 0 Å². The van der Waals surface area contributed by atoms with E-state index in [1.54, 1.807) is 0 Å². The Kier molecular flexibility index (Phi) is 0.919. The van der Waals surface area contributed by atoms with Gasteiger partial charge in [-0.3, -0.25) is 4.79 Å². The van der Waals surface area contributed by atoms with Crippen LogP contribution in [0.25, 0.3) is 0 Å². The van der Waals surface area contributed by atoms with Gasteiger partial charge >= 0.3 is 0 Å². The zero-order valence-electron chi connectivity index (χ0n) is 6.68. The molecule has 2 fully saturated rings. The molecule has 1 saturated carbocycles. The predicted molar refractivity (Wildman–Crippen MR) is 38.5 cm³/mol. The van der Waals surface area contributed by atoms with Crippen LogP contribution >= 0.6 is 0 Å². The van der Waals surface area contributed by atoms with E-state index >= 15 is 0 Å². The highest BCUT2D eigenvalue weighted by molar-refractivity contribution is 5.86. The average Bonchev–Trinajstić information content (AvgIpc) is 1.55. The van der Waals surface area contributed by atoms with Crippen molar-refractivity contribution < 1.29 is 9.28 Å². The van der Waals surface area contributed by atoms with Crippen molar-refractivity contribution in [3.8, 4) is 0 Å². The summed E-state index contributed by atoms with van der Waals surface area (Å²) in [6, 6.07) is 0. The van der Waals surface area contributed by atoms with Crippen LogP contribution in [0.15, 0.2) is 0 Å². The molecule has 1 saturated heterocycles. The largest absolute Gasteiger partial charge is 0.327 e. The minimum absolute atomic E-state index is 0.472. The van der Waals surface area contributed by atoms with E-state index in [1.807, 2.05) is 0 Å². The summed E-state index contributed by atoms with van der Waals surface area (Å²) in [5.41, 5.74) is 0.473. The molecule has 0 unspecified atom stereocenters. The molecule has 0 atom stereocenters. The van der Waals surface area contributed by atoms with Crippen LogP contribution in [-0.2, 0) is 4.79 Å². The summed E-state index contributed by atoms with van der Waals surface area (Å²) in [4.78, 5) is 10.7. The van der Waals surface area contributed by atoms with E-state index in [4.69, 9.17) is 0 Å². The van der Waals surface area contributed by atoms with Crippen LogP contribution in [0.4, 0.5) is 0 Å². The monoisotopic (exact) mass is 140 g/mol. The number of nitrogens with zero attached hydrogens (tertiary/aromatic N) is 1. The first-order chi connectivity index (χ1) is 4.52. The van der Waals surface area contributed by atoms with E-state index in [0.717, 1.165) is 17.3 Å². The quantitative estimate of drug-likeness (QED) is 0.446. The number of rotatable bonds is 0. The molecule has 0 bridgehead atoms. The molecule has 2 heteroatoms. The first-order valence-electron chi connectivity index (χ1n) is 3.85. The fraction of sp³-hybridized carbons (Fsp3) is 0.875. The molecule has 0 aromatic carbocycles. The lowest BCUT2D eigenvalue weighted by Gasteiger charge is -2.57. The zero-order chi connectivity index (χ0) is 7.41. The molecule has 0 N–H and O–H groups in total. The number of carbonyl (C=O) groups is 1. The first kappa shape index (κ1) is 6.35. The van der Waals surface area contributed by atoms with Crippen molar-refractivity contribution in [3.05, 3.63) is 0 Å². The minimum Gasteiger partial charge on any atom is -0.327 e. The molecule has 1 heterocycles. The molecular weight excluding hydrogens is 126 g/mol. The van der Waals surface area contributed by atoms with Gasteiger partial charge in [-0.05, 0) is 0 Å². The second-order valence-electron chi connectivity index (χ2n) is 4.64. The molecule has 1 spiro atoms. The summed E-state index contributed by atoms with van der Waals surface area (Å²) in [5, 5.41) is 0. The van der Waals surface area contributed by atoms with Gasteiger partial charge in [0.2, 0.25) is 0 Å². The summed E-state index contributed by atoms with van der Waals surface area (Å²) in [5.74, 6) is 0.472. The van der Waals surface area contributed by atoms with Gasteiger partial charge in [0.15, 0.2) is 0 Å². The third kappa shape index (κ3) is 0.717. The Balaban J connectivity index is 1.96. The van der Waals surface area contributed by atoms with Crippen molar-refractivity contribution in [2.75, 3.05) is 27.2 Å². The maximum atomic E-state index is 10.7. The van der Waals surface area contributed by atoms with Crippen LogP contribution in [0.1, 0.15) is 12.8 Å². The van der Waals surface area contributed by atoms with E-state index < -0.39 is 0 Å². The van der Waals surface area contributed by atoms with Gasteiger partial charge in [0.05, 0.1) is 32.6 Å². The van der Waals surface area contributed by atoms with Gasteiger partial charge in [-0.15, -0.1) is 0 Å². The first-order valence-corrected chi connectivity index (χ1v) is 3.85. The van der Waals surface area contributed by atoms with Gasteiger partial charge in [-0.2, -0.15) is 0 Å². The lowest BCUT2D eigenvalue weighted by Crippen LogP contribution is -2.69. The Labute approximate surface area is 61.4 Å². The van der Waals surface area contributed by atoms with Gasteiger partial charge in [0.1, 0.15) is 5.78 Å². The highest BCUT2D eigenvalue weighted by Gasteiger charge is 2.58. The number of Topliss-reactive ketones (excluding diaryl/α,β-unsaturated/α-hetero) is 1. The normalized spacial score (nSPS) is 33.2. The number of carbonyl (C=O) groups excluding carboxylic acids is 1. The van der Waals surface area contributed by atoms with Crippen LogP contribution in [-0.4, -0.2) is 37.5 Å². The van der Waals surface area contributed by atoms with E-state index in [9.17, 15) is 4.79 Å². The number of hydrogen-bond donors (Lipinski definition) is 0. The molecule has 0 aromatic rings. The lowest BCUT2D eigenvalue weighted by molar-refractivity contribution is -0.951. The van der Waals surface area contributed by atoms with Crippen molar-refractivity contribution >= 4 is 5.78 Å². The van der Waals surface area contributed by atoms with Crippen molar-refractivity contribution in [1.82, 2.24) is 0 Å². The second-order valence-corrected chi connectivity index (χ2v) is 4.64. The van der Waals surface area contributed by atoms with Crippen LogP contribution in [0, 0.1) is 5.41 Å². The van der Waals surface area contributed by atoms with Crippen molar-refractivity contribution in [3.63, 3.8) is 0 Å². The Hall–Kier alpha value is -0.370. The van der Waals surface area contributed by atoms with Crippen LogP contribution in [0.3, 0.4) is 0 Å². The minimum atomic E-state index is 0.472. The predicted octanol–water partition coefficient (Wildman–Crippen LogP) is 0.426. The number of hydrogen-bond acceptors (Lipinski definition) is 1. The summed E-state index contributed by atoms with van der Waals surface area (Å²) < 4.78 is 1.12. The Morgan fingerprint density at radius 1 is 1.30 bits per heavy atom. The molecule has 0 radical (unpaired) electrons. The molecule has 0 amide bonds. The molecule has 1 aliphatic carbocycles. The van der Waals surface area contributed by atoms with Gasteiger partial charge < -0.3 is 4.48 Å². The average molecular weight is 140 g/mol. The number of ketones is 1. The lowest BCUT2D eigenvalue weighted by atomic mass is 9.62. The van der Waals surface area contributed by atoms with Crippen molar-refractivity contribution in [2.45, 2.75) is 12.8 Å². The molecule has 1 aliphatic heterocycles. The molecule has 2 nitrogen and oxygen atoms in total. The number of likely N-dealkylation sites (tertiary alicyclic amines) is 1. The Morgan fingerprint density at radius 3 is 2.10 bits per heavy atom. The smallest absolute Gasteiger partial charge is 0.134 e. The number of quaternary nitrogens is 1. The molecule has 56 valence electrons. The third-order valence-electron chi connectivity index (χ3n) is 2.67. The van der Waals surface area contributed by atoms with Crippen molar-refractivity contribution in [1.29, 1.82) is 0 Å².